The number of carbonyl (C=O) groups is 2. The molecular weight excluding hydrogens is 923 g/mol. The first-order chi connectivity index (χ1) is 37.0. The van der Waals surface area contributed by atoms with Crippen molar-refractivity contribution >= 4 is 11.9 Å². The van der Waals surface area contributed by atoms with Crippen LogP contribution >= 0.6 is 0 Å². The quantitative estimate of drug-likeness (QED) is 0.0320. The summed E-state index contributed by atoms with van der Waals surface area (Å²) in [6.07, 6.45) is 83.0. The summed E-state index contributed by atoms with van der Waals surface area (Å²) < 4.78 is 5.49. The predicted octanol–water partition coefficient (Wildman–Crippen LogP) is 21.3. The molecule has 0 aliphatic carbocycles. The summed E-state index contributed by atoms with van der Waals surface area (Å²) in [4.78, 5) is 24.6. The Morgan fingerprint density at radius 3 is 1.05 bits per heavy atom. The molecule has 0 aliphatic heterocycles. The lowest BCUT2D eigenvalue weighted by molar-refractivity contribution is -0.143. The minimum absolute atomic E-state index is 0.00624. The molecule has 0 aromatic carbocycles. The van der Waals surface area contributed by atoms with Crippen LogP contribution in [-0.2, 0) is 14.3 Å². The maximum atomic E-state index is 12.5. The molecule has 0 spiro atoms. The van der Waals surface area contributed by atoms with Crippen molar-refractivity contribution in [1.82, 2.24) is 5.32 Å². The van der Waals surface area contributed by atoms with Gasteiger partial charge in [0.05, 0.1) is 25.4 Å². The zero-order valence-electron chi connectivity index (χ0n) is 50.3. The Hall–Kier alpha value is -2.18. The third-order valence-corrected chi connectivity index (χ3v) is 15.3. The maximum absolute atomic E-state index is 12.5. The van der Waals surface area contributed by atoms with E-state index in [0.717, 1.165) is 64.2 Å². The molecule has 0 saturated carbocycles. The Morgan fingerprint density at radius 1 is 0.373 bits per heavy atom. The minimum atomic E-state index is -0.855. The van der Waals surface area contributed by atoms with Crippen LogP contribution in [0.4, 0.5) is 0 Å². The molecule has 0 rings (SSSR count). The summed E-state index contributed by atoms with van der Waals surface area (Å²) >= 11 is 0. The van der Waals surface area contributed by atoms with Crippen LogP contribution < -0.4 is 5.32 Å². The van der Waals surface area contributed by atoms with Crippen molar-refractivity contribution in [2.75, 3.05) is 13.2 Å². The van der Waals surface area contributed by atoms with Gasteiger partial charge in [0.25, 0.3) is 0 Å². The van der Waals surface area contributed by atoms with Gasteiger partial charge in [-0.1, -0.05) is 300 Å². The van der Waals surface area contributed by atoms with Gasteiger partial charge < -0.3 is 20.3 Å². The van der Waals surface area contributed by atoms with Gasteiger partial charge in [-0.05, 0) is 89.9 Å². The molecule has 0 bridgehead atoms. The van der Waals surface area contributed by atoms with Crippen LogP contribution in [-0.4, -0.2) is 47.4 Å². The number of allylic oxidation sites excluding steroid dienone is 7. The van der Waals surface area contributed by atoms with E-state index in [1.807, 2.05) is 6.08 Å². The van der Waals surface area contributed by atoms with Crippen LogP contribution in [0.2, 0.25) is 0 Å². The molecule has 6 heteroatoms. The molecule has 6 nitrogen and oxygen atoms in total. The molecule has 0 radical (unpaired) electrons. The third-order valence-electron chi connectivity index (χ3n) is 15.3. The van der Waals surface area contributed by atoms with Crippen molar-refractivity contribution in [3.8, 4) is 0 Å². The van der Waals surface area contributed by atoms with Gasteiger partial charge in [-0.15, -0.1) is 0 Å². The normalized spacial score (nSPS) is 12.9. The Bertz CT molecular complexity index is 1260. The number of nitrogens with one attached hydrogen (secondary N) is 1. The lowest BCUT2D eigenvalue weighted by Crippen LogP contribution is -2.45. The summed E-state index contributed by atoms with van der Waals surface area (Å²) in [6.45, 7) is 4.88. The maximum Gasteiger partial charge on any atom is 0.305 e. The number of rotatable bonds is 62. The molecule has 2 atom stereocenters. The Kier molecular flexibility index (Phi) is 62.5. The second-order valence-corrected chi connectivity index (χ2v) is 22.8. The van der Waals surface area contributed by atoms with E-state index >= 15 is 0 Å². The molecule has 75 heavy (non-hydrogen) atoms. The van der Waals surface area contributed by atoms with Crippen LogP contribution in [0.1, 0.15) is 354 Å². The van der Waals surface area contributed by atoms with E-state index in [9.17, 15) is 19.8 Å². The number of esters is 1. The monoisotopic (exact) mass is 1050 g/mol. The standard InChI is InChI=1S/C69H129NO5/c1-3-5-7-9-11-13-15-17-19-21-23-24-25-27-29-33-37-41-45-49-53-57-61-67(72)66(65-71)70-68(73)62-58-54-50-46-42-38-34-30-28-32-36-40-44-48-52-56-60-64-75-69(74)63-59-55-51-47-43-39-35-31-26-22-20-18-16-14-12-10-8-6-4-2/h12,14,18,20,28,32,57,61,66-67,71-72H,3-11,13,15-17,19,21-27,29-31,33-56,58-60,62-65H2,1-2H3,(H,70,73)/b14-12-,20-18-,32-28-,61-57+. The molecule has 2 unspecified atom stereocenters. The van der Waals surface area contributed by atoms with Gasteiger partial charge >= 0.3 is 5.97 Å². The molecule has 0 aliphatic rings. The number of hydrogen-bond donors (Lipinski definition) is 3. The average molecular weight is 1050 g/mol. The van der Waals surface area contributed by atoms with Gasteiger partial charge in [-0.3, -0.25) is 9.59 Å². The lowest BCUT2D eigenvalue weighted by atomic mass is 10.0. The van der Waals surface area contributed by atoms with Crippen molar-refractivity contribution in [3.63, 3.8) is 0 Å². The Balaban J connectivity index is 3.47. The Labute approximate surface area is 467 Å². The van der Waals surface area contributed by atoms with Crippen LogP contribution in [0.5, 0.6) is 0 Å². The first kappa shape index (κ1) is 72.8. The van der Waals surface area contributed by atoms with E-state index in [0.29, 0.717) is 19.4 Å². The van der Waals surface area contributed by atoms with Crippen LogP contribution in [0, 0.1) is 0 Å². The first-order valence-electron chi connectivity index (χ1n) is 33.4. The van der Waals surface area contributed by atoms with Crippen molar-refractivity contribution in [3.05, 3.63) is 48.6 Å². The number of ether oxygens (including phenoxy) is 1. The van der Waals surface area contributed by atoms with Crippen LogP contribution in [0.15, 0.2) is 48.6 Å². The number of hydrogen-bond acceptors (Lipinski definition) is 5. The predicted molar refractivity (Wildman–Crippen MR) is 329 cm³/mol. The number of unbranched alkanes of at least 4 members (excludes halogenated alkanes) is 45. The van der Waals surface area contributed by atoms with Crippen molar-refractivity contribution < 1.29 is 24.5 Å². The van der Waals surface area contributed by atoms with Gasteiger partial charge in [-0.25, -0.2) is 0 Å². The van der Waals surface area contributed by atoms with Crippen molar-refractivity contribution in [1.29, 1.82) is 0 Å². The highest BCUT2D eigenvalue weighted by Gasteiger charge is 2.18. The van der Waals surface area contributed by atoms with Gasteiger partial charge in [0.2, 0.25) is 5.91 Å². The molecule has 0 heterocycles. The molecule has 0 fully saturated rings. The van der Waals surface area contributed by atoms with E-state index in [4.69, 9.17) is 4.74 Å². The molecular formula is C69H129NO5. The van der Waals surface area contributed by atoms with Crippen molar-refractivity contribution in [2.45, 2.75) is 366 Å². The zero-order chi connectivity index (χ0) is 54.3. The minimum Gasteiger partial charge on any atom is -0.466 e. The lowest BCUT2D eigenvalue weighted by Gasteiger charge is -2.20. The summed E-state index contributed by atoms with van der Waals surface area (Å²) in [5.41, 5.74) is 0. The number of aliphatic hydroxyl groups excluding tert-OH is 2. The molecule has 1 amide bonds. The van der Waals surface area contributed by atoms with Gasteiger partial charge in [-0.2, -0.15) is 0 Å². The fraction of sp³-hybridized carbons (Fsp3) is 0.855. The first-order valence-corrected chi connectivity index (χ1v) is 33.4. The highest BCUT2D eigenvalue weighted by Crippen LogP contribution is 2.17. The van der Waals surface area contributed by atoms with E-state index in [2.05, 4.69) is 55.6 Å². The molecule has 0 saturated heterocycles. The van der Waals surface area contributed by atoms with Crippen LogP contribution in [0.3, 0.4) is 0 Å². The van der Waals surface area contributed by atoms with E-state index in [1.165, 1.54) is 263 Å². The highest BCUT2D eigenvalue weighted by molar-refractivity contribution is 5.76. The molecule has 0 aromatic heterocycles. The average Bonchev–Trinajstić information content (AvgIpc) is 3.41. The third kappa shape index (κ3) is 60.9. The van der Waals surface area contributed by atoms with Gasteiger partial charge in [0, 0.05) is 12.8 Å². The van der Waals surface area contributed by atoms with E-state index in [-0.39, 0.29) is 18.5 Å². The van der Waals surface area contributed by atoms with Crippen molar-refractivity contribution in [2.24, 2.45) is 0 Å². The molecule has 0 aromatic rings. The summed E-state index contributed by atoms with van der Waals surface area (Å²) in [5, 5.41) is 23.2. The summed E-state index contributed by atoms with van der Waals surface area (Å²) in [5.74, 6) is -0.0838. The van der Waals surface area contributed by atoms with Gasteiger partial charge in [0.15, 0.2) is 0 Å². The summed E-state index contributed by atoms with van der Waals surface area (Å²) in [7, 11) is 0. The second kappa shape index (κ2) is 64.3. The Morgan fingerprint density at radius 2 is 0.667 bits per heavy atom. The highest BCUT2D eigenvalue weighted by atomic mass is 16.5. The fourth-order valence-electron chi connectivity index (χ4n) is 10.2. The van der Waals surface area contributed by atoms with E-state index < -0.39 is 12.1 Å². The zero-order valence-corrected chi connectivity index (χ0v) is 50.3. The van der Waals surface area contributed by atoms with Gasteiger partial charge in [0.1, 0.15) is 0 Å². The van der Waals surface area contributed by atoms with E-state index in [1.54, 1.807) is 6.08 Å². The van der Waals surface area contributed by atoms with Crippen LogP contribution in [0.25, 0.3) is 0 Å². The largest absolute Gasteiger partial charge is 0.466 e. The number of amides is 1. The topological polar surface area (TPSA) is 95.9 Å². The number of carbonyl (C=O) groups excluding carboxylic acids is 2. The second-order valence-electron chi connectivity index (χ2n) is 22.8. The number of aliphatic hydroxyl groups is 2. The molecule has 440 valence electrons. The smallest absolute Gasteiger partial charge is 0.305 e. The summed E-state index contributed by atoms with van der Waals surface area (Å²) in [6, 6.07) is -0.639. The SMILES string of the molecule is CCCCC/C=C\C/C=C\CCCCCCCCCCCC(=O)OCCCCCCCC/C=C\CCCCCCCCCC(=O)NC(CO)C(O)/C=C/CCCCCCCCCCCCCCCCCCCCCC. The fourth-order valence-corrected chi connectivity index (χ4v) is 10.2. The molecule has 3 N–H and O–H groups in total.